The average Bonchev–Trinajstić information content (AvgIpc) is 3.25. The van der Waals surface area contributed by atoms with Crippen LogP contribution in [0.5, 0.6) is 0 Å². The van der Waals surface area contributed by atoms with Crippen LogP contribution >= 0.6 is 11.8 Å². The zero-order valence-corrected chi connectivity index (χ0v) is 24.5. The minimum Gasteiger partial charge on any atom is -0.379 e. The van der Waals surface area contributed by atoms with Crippen molar-refractivity contribution in [3.05, 3.63) is 60.2 Å². The number of hydrogen-bond acceptors (Lipinski definition) is 7. The molecule has 9 nitrogen and oxygen atoms in total. The maximum Gasteiger partial charge on any atom is 0.243 e. The number of rotatable bonds is 9. The molecule has 1 aliphatic carbocycles. The number of morpholine rings is 1. The lowest BCUT2D eigenvalue weighted by molar-refractivity contribution is -0.119. The van der Waals surface area contributed by atoms with Crippen LogP contribution in [0.15, 0.2) is 64.6 Å². The van der Waals surface area contributed by atoms with Gasteiger partial charge in [0.1, 0.15) is 0 Å². The molecule has 0 radical (unpaired) electrons. The molecule has 0 bridgehead atoms. The van der Waals surface area contributed by atoms with Gasteiger partial charge in [-0.2, -0.15) is 4.31 Å². The number of hydrogen-bond donors (Lipinski definition) is 1. The molecule has 1 saturated carbocycles. The van der Waals surface area contributed by atoms with Crippen molar-refractivity contribution < 1.29 is 17.9 Å². The van der Waals surface area contributed by atoms with Crippen LogP contribution in [0.2, 0.25) is 0 Å². The fraction of sp³-hybridized carbons (Fsp3) is 0.483. The van der Waals surface area contributed by atoms with Crippen molar-refractivity contribution in [2.75, 3.05) is 32.1 Å². The second-order valence-electron chi connectivity index (χ2n) is 10.4. The molecule has 0 unspecified atom stereocenters. The van der Waals surface area contributed by atoms with E-state index in [4.69, 9.17) is 4.74 Å². The Kier molecular flexibility index (Phi) is 9.56. The standard InChI is InChI=1S/C29H37N5O4S2/c1-22(23-10-5-4-6-11-23)34-28(24-12-9-15-26(20-24)40(36,37)33-16-18-38-19-17-33)31-32-29(34)39-21-27(35)30-25-13-7-2-3-8-14-25/h4-6,9-12,15,20,22,25H,2-3,7-8,13-14,16-19,21H2,1H3,(H,30,35)/t22-/m0/s1. The Bertz CT molecular complexity index is 1380. The van der Waals surface area contributed by atoms with Gasteiger partial charge in [0.25, 0.3) is 0 Å². The molecule has 214 valence electrons. The van der Waals surface area contributed by atoms with Crippen molar-refractivity contribution in [1.29, 1.82) is 0 Å². The SMILES string of the molecule is C[C@@H](c1ccccc1)n1c(SCC(=O)NC2CCCCCC2)nnc1-c1cccc(S(=O)(=O)N2CCOCC2)c1. The summed E-state index contributed by atoms with van der Waals surface area (Å²) in [6.07, 6.45) is 6.85. The van der Waals surface area contributed by atoms with Crippen LogP contribution in [-0.4, -0.2) is 71.5 Å². The molecule has 1 aliphatic heterocycles. The van der Waals surface area contributed by atoms with Gasteiger partial charge in [0.2, 0.25) is 15.9 Å². The van der Waals surface area contributed by atoms with Gasteiger partial charge in [-0.3, -0.25) is 9.36 Å². The number of nitrogens with zero attached hydrogens (tertiary/aromatic N) is 4. The first-order chi connectivity index (χ1) is 19.4. The maximum atomic E-state index is 13.4. The molecule has 1 N–H and O–H groups in total. The van der Waals surface area contributed by atoms with E-state index in [2.05, 4.69) is 22.4 Å². The topological polar surface area (TPSA) is 106 Å². The lowest BCUT2D eigenvalue weighted by Crippen LogP contribution is -2.40. The third-order valence-electron chi connectivity index (χ3n) is 7.59. The van der Waals surface area contributed by atoms with Crippen molar-refractivity contribution in [1.82, 2.24) is 24.4 Å². The van der Waals surface area contributed by atoms with Crippen LogP contribution in [0.25, 0.3) is 11.4 Å². The summed E-state index contributed by atoms with van der Waals surface area (Å²) < 4.78 is 35.5. The van der Waals surface area contributed by atoms with Gasteiger partial charge < -0.3 is 10.1 Å². The summed E-state index contributed by atoms with van der Waals surface area (Å²) in [5, 5.41) is 12.8. The van der Waals surface area contributed by atoms with E-state index in [0.29, 0.717) is 42.8 Å². The van der Waals surface area contributed by atoms with E-state index in [1.165, 1.54) is 28.9 Å². The largest absolute Gasteiger partial charge is 0.379 e. The third-order valence-corrected chi connectivity index (χ3v) is 10.4. The molecule has 2 fully saturated rings. The van der Waals surface area contributed by atoms with Crippen LogP contribution in [0, 0.1) is 0 Å². The summed E-state index contributed by atoms with van der Waals surface area (Å²) >= 11 is 1.36. The minimum absolute atomic E-state index is 0.000957. The van der Waals surface area contributed by atoms with E-state index in [0.717, 1.165) is 31.2 Å². The molecule has 2 aromatic carbocycles. The summed E-state index contributed by atoms with van der Waals surface area (Å²) in [5.74, 6) is 0.794. The zero-order chi connectivity index (χ0) is 28.0. The highest BCUT2D eigenvalue weighted by molar-refractivity contribution is 7.99. The van der Waals surface area contributed by atoms with E-state index >= 15 is 0 Å². The molecule has 40 heavy (non-hydrogen) atoms. The summed E-state index contributed by atoms with van der Waals surface area (Å²) in [7, 11) is -3.67. The smallest absolute Gasteiger partial charge is 0.243 e. The fourth-order valence-electron chi connectivity index (χ4n) is 5.36. The first-order valence-electron chi connectivity index (χ1n) is 14.0. The number of aromatic nitrogens is 3. The molecule has 1 atom stereocenters. The van der Waals surface area contributed by atoms with E-state index in [1.807, 2.05) is 41.0 Å². The van der Waals surface area contributed by atoms with Gasteiger partial charge in [-0.25, -0.2) is 8.42 Å². The molecule has 3 aromatic rings. The van der Waals surface area contributed by atoms with E-state index in [-0.39, 0.29) is 28.6 Å². The molecule has 2 aliphatic rings. The number of amides is 1. The van der Waals surface area contributed by atoms with Crippen molar-refractivity contribution in [2.24, 2.45) is 0 Å². The van der Waals surface area contributed by atoms with Crippen molar-refractivity contribution in [3.63, 3.8) is 0 Å². The monoisotopic (exact) mass is 583 g/mol. The predicted octanol–water partition coefficient (Wildman–Crippen LogP) is 4.51. The molecule has 11 heteroatoms. The molecule has 1 saturated heterocycles. The zero-order valence-electron chi connectivity index (χ0n) is 22.9. The van der Waals surface area contributed by atoms with Crippen LogP contribution in [0.1, 0.15) is 57.1 Å². The van der Waals surface area contributed by atoms with Crippen LogP contribution in [0.3, 0.4) is 0 Å². The Morgan fingerprint density at radius 2 is 1.75 bits per heavy atom. The van der Waals surface area contributed by atoms with Crippen LogP contribution in [0.4, 0.5) is 0 Å². The van der Waals surface area contributed by atoms with Crippen molar-refractivity contribution in [3.8, 4) is 11.4 Å². The van der Waals surface area contributed by atoms with Crippen molar-refractivity contribution >= 4 is 27.7 Å². The Morgan fingerprint density at radius 3 is 2.48 bits per heavy atom. The molecule has 5 rings (SSSR count). The normalized spacial score (nSPS) is 18.2. The third kappa shape index (κ3) is 6.76. The first-order valence-corrected chi connectivity index (χ1v) is 16.5. The van der Waals surface area contributed by atoms with Gasteiger partial charge in [-0.05, 0) is 37.5 Å². The van der Waals surface area contributed by atoms with E-state index < -0.39 is 10.0 Å². The Hall–Kier alpha value is -2.73. The fourth-order valence-corrected chi connectivity index (χ4v) is 7.64. The Balaban J connectivity index is 1.42. The highest BCUT2D eigenvalue weighted by Crippen LogP contribution is 2.32. The lowest BCUT2D eigenvalue weighted by atomic mass is 10.1. The van der Waals surface area contributed by atoms with Crippen LogP contribution in [-0.2, 0) is 19.6 Å². The number of carbonyl (C=O) groups is 1. The summed E-state index contributed by atoms with van der Waals surface area (Å²) in [5.41, 5.74) is 1.71. The summed E-state index contributed by atoms with van der Waals surface area (Å²) in [4.78, 5) is 13.1. The number of thioether (sulfide) groups is 1. The average molecular weight is 584 g/mol. The number of ether oxygens (including phenoxy) is 1. The summed E-state index contributed by atoms with van der Waals surface area (Å²) in [6.45, 7) is 3.49. The van der Waals surface area contributed by atoms with Gasteiger partial charge >= 0.3 is 0 Å². The quantitative estimate of drug-likeness (QED) is 0.292. The molecule has 2 heterocycles. The first kappa shape index (κ1) is 28.8. The van der Waals surface area contributed by atoms with Gasteiger partial charge in [0.05, 0.1) is 29.9 Å². The van der Waals surface area contributed by atoms with E-state index in [1.54, 1.807) is 18.2 Å². The van der Waals surface area contributed by atoms with Crippen molar-refractivity contribution in [2.45, 2.75) is 67.6 Å². The molecule has 0 spiro atoms. The van der Waals surface area contributed by atoms with Gasteiger partial charge in [0, 0.05) is 24.7 Å². The predicted molar refractivity (Wildman–Crippen MR) is 156 cm³/mol. The number of benzene rings is 2. The number of carbonyl (C=O) groups excluding carboxylic acids is 1. The highest BCUT2D eigenvalue weighted by atomic mass is 32.2. The second-order valence-corrected chi connectivity index (χ2v) is 13.2. The van der Waals surface area contributed by atoms with E-state index in [9.17, 15) is 13.2 Å². The molecular weight excluding hydrogens is 546 g/mol. The van der Waals surface area contributed by atoms with Gasteiger partial charge in [-0.15, -0.1) is 10.2 Å². The second kappa shape index (κ2) is 13.3. The minimum atomic E-state index is -3.67. The van der Waals surface area contributed by atoms with Crippen LogP contribution < -0.4 is 5.32 Å². The molecular formula is C29H37N5O4S2. The molecule has 1 aromatic heterocycles. The summed E-state index contributed by atoms with van der Waals surface area (Å²) in [6, 6.07) is 17.0. The number of sulfonamides is 1. The Morgan fingerprint density at radius 1 is 1.02 bits per heavy atom. The highest BCUT2D eigenvalue weighted by Gasteiger charge is 2.28. The van der Waals surface area contributed by atoms with Gasteiger partial charge in [-0.1, -0.05) is 79.9 Å². The van der Waals surface area contributed by atoms with Gasteiger partial charge in [0.15, 0.2) is 11.0 Å². The maximum absolute atomic E-state index is 13.4. The lowest BCUT2D eigenvalue weighted by Gasteiger charge is -2.26. The number of nitrogens with one attached hydrogen (secondary N) is 1. The Labute approximate surface area is 240 Å². The molecule has 1 amide bonds.